The van der Waals surface area contributed by atoms with Crippen molar-refractivity contribution in [1.29, 1.82) is 0 Å². The maximum Gasteiger partial charge on any atom is 0.370 e. The first-order valence-corrected chi connectivity index (χ1v) is 6.73. The molecule has 0 saturated carbocycles. The molecule has 1 aromatic carbocycles. The first kappa shape index (κ1) is 12.9. The molecule has 0 radical (unpaired) electrons. The van der Waals surface area contributed by atoms with Gasteiger partial charge in [0.05, 0.1) is 6.54 Å². The lowest BCUT2D eigenvalue weighted by Crippen LogP contribution is -2.88. The molecule has 2 N–H and O–H groups in total. The molecule has 0 amide bonds. The van der Waals surface area contributed by atoms with Gasteiger partial charge in [-0.25, -0.2) is 9.59 Å². The fourth-order valence-electron chi connectivity index (χ4n) is 2.55. The average Bonchev–Trinajstić information content (AvgIpc) is 2.91. The number of hydrogen-bond donors (Lipinski definition) is 1. The molecule has 1 atom stereocenters. The van der Waals surface area contributed by atoms with E-state index in [1.54, 1.807) is 18.2 Å². The van der Waals surface area contributed by atoms with Gasteiger partial charge >= 0.3 is 11.6 Å². The molecule has 5 nitrogen and oxygen atoms in total. The van der Waals surface area contributed by atoms with Crippen molar-refractivity contribution in [2.24, 2.45) is 0 Å². The fraction of sp³-hybridized carbons (Fsp3) is 0.333. The second-order valence-electron chi connectivity index (χ2n) is 5.10. The molecule has 0 aliphatic carbocycles. The van der Waals surface area contributed by atoms with Crippen LogP contribution in [0.4, 0.5) is 0 Å². The second-order valence-corrected chi connectivity index (χ2v) is 5.10. The van der Waals surface area contributed by atoms with Gasteiger partial charge in [0.25, 0.3) is 0 Å². The molecule has 20 heavy (non-hydrogen) atoms. The van der Waals surface area contributed by atoms with Crippen molar-refractivity contribution < 1.29 is 19.3 Å². The molecule has 2 aromatic rings. The molecule has 3 rings (SSSR count). The summed E-state index contributed by atoms with van der Waals surface area (Å²) in [6.45, 7) is 2.81. The summed E-state index contributed by atoms with van der Waals surface area (Å²) in [4.78, 5) is 23.3. The van der Waals surface area contributed by atoms with Gasteiger partial charge in [0.15, 0.2) is 6.04 Å². The van der Waals surface area contributed by atoms with Crippen LogP contribution in [-0.2, 0) is 4.79 Å². The summed E-state index contributed by atoms with van der Waals surface area (Å²) < 4.78 is 10.5. The van der Waals surface area contributed by atoms with Gasteiger partial charge in [0.2, 0.25) is 0 Å². The first-order chi connectivity index (χ1) is 9.63. The zero-order chi connectivity index (χ0) is 14.1. The number of carbonyl (C=O) groups is 1. The lowest BCUT2D eigenvalue weighted by Gasteiger charge is -2.08. The third kappa shape index (κ3) is 2.44. The van der Waals surface area contributed by atoms with Crippen molar-refractivity contribution in [1.82, 2.24) is 0 Å². The van der Waals surface area contributed by atoms with Crippen LogP contribution in [-0.4, -0.2) is 18.6 Å². The molecule has 1 aromatic heterocycles. The monoisotopic (exact) mass is 274 g/mol. The summed E-state index contributed by atoms with van der Waals surface area (Å²) in [6, 6.07) is 6.45. The lowest BCUT2D eigenvalue weighted by molar-refractivity contribution is -0.658. The van der Waals surface area contributed by atoms with E-state index in [9.17, 15) is 9.59 Å². The molecule has 0 bridgehead atoms. The van der Waals surface area contributed by atoms with Crippen LogP contribution in [0.5, 0.6) is 5.75 Å². The number of ether oxygens (including phenoxy) is 1. The number of aryl methyl sites for hydroxylation is 1. The molecule has 1 fully saturated rings. The highest BCUT2D eigenvalue weighted by Gasteiger charge is 2.28. The van der Waals surface area contributed by atoms with E-state index in [2.05, 4.69) is 0 Å². The number of benzene rings is 1. The predicted molar refractivity (Wildman–Crippen MR) is 72.7 cm³/mol. The van der Waals surface area contributed by atoms with E-state index in [0.29, 0.717) is 11.3 Å². The molecule has 1 saturated heterocycles. The number of esters is 1. The Bertz CT molecular complexity index is 713. The SMILES string of the molecule is Cc1cc(=O)oc2cc(OC(=O)C3CCC[NH2+]3)ccc12. The van der Waals surface area contributed by atoms with Crippen LogP contribution in [0.15, 0.2) is 33.5 Å². The minimum Gasteiger partial charge on any atom is -0.423 e. The van der Waals surface area contributed by atoms with Crippen molar-refractivity contribution in [3.8, 4) is 5.75 Å². The summed E-state index contributed by atoms with van der Waals surface area (Å²) in [7, 11) is 0. The number of fused-ring (bicyclic) bond motifs is 1. The van der Waals surface area contributed by atoms with Gasteiger partial charge in [0, 0.05) is 30.4 Å². The summed E-state index contributed by atoms with van der Waals surface area (Å²) >= 11 is 0. The topological polar surface area (TPSA) is 73.1 Å². The van der Waals surface area contributed by atoms with Gasteiger partial charge in [-0.3, -0.25) is 0 Å². The van der Waals surface area contributed by atoms with E-state index in [1.165, 1.54) is 6.07 Å². The zero-order valence-corrected chi connectivity index (χ0v) is 11.2. The summed E-state index contributed by atoms with van der Waals surface area (Å²) in [5.41, 5.74) is 0.886. The average molecular weight is 274 g/mol. The first-order valence-electron chi connectivity index (χ1n) is 6.73. The van der Waals surface area contributed by atoms with Crippen LogP contribution >= 0.6 is 0 Å². The molecular weight excluding hydrogens is 258 g/mol. The quantitative estimate of drug-likeness (QED) is 0.498. The van der Waals surface area contributed by atoms with Crippen molar-refractivity contribution >= 4 is 16.9 Å². The molecule has 1 aliphatic heterocycles. The number of quaternary nitrogens is 1. The molecule has 1 aliphatic rings. The molecule has 104 valence electrons. The Kier molecular flexibility index (Phi) is 3.28. The van der Waals surface area contributed by atoms with Gasteiger partial charge < -0.3 is 14.5 Å². The van der Waals surface area contributed by atoms with Crippen LogP contribution in [0.25, 0.3) is 11.0 Å². The fourth-order valence-corrected chi connectivity index (χ4v) is 2.55. The molecule has 1 unspecified atom stereocenters. The molecular formula is C15H16NO4+. The van der Waals surface area contributed by atoms with E-state index in [1.807, 2.05) is 12.2 Å². The Morgan fingerprint density at radius 2 is 2.25 bits per heavy atom. The van der Waals surface area contributed by atoms with E-state index in [0.717, 1.165) is 30.3 Å². The lowest BCUT2D eigenvalue weighted by atomic mass is 10.1. The van der Waals surface area contributed by atoms with Crippen LogP contribution in [0.2, 0.25) is 0 Å². The number of hydrogen-bond acceptors (Lipinski definition) is 4. The normalized spacial score (nSPS) is 18.4. The van der Waals surface area contributed by atoms with Crippen molar-refractivity contribution in [2.75, 3.05) is 6.54 Å². The zero-order valence-electron chi connectivity index (χ0n) is 11.2. The van der Waals surface area contributed by atoms with Crippen molar-refractivity contribution in [3.63, 3.8) is 0 Å². The van der Waals surface area contributed by atoms with Gasteiger partial charge in [0.1, 0.15) is 11.3 Å². The highest BCUT2D eigenvalue weighted by molar-refractivity contribution is 5.83. The third-order valence-corrected chi connectivity index (χ3v) is 3.61. The van der Waals surface area contributed by atoms with E-state index in [-0.39, 0.29) is 12.0 Å². The van der Waals surface area contributed by atoms with Gasteiger partial charge in [-0.2, -0.15) is 0 Å². The minimum absolute atomic E-state index is 0.116. The Morgan fingerprint density at radius 3 is 3.00 bits per heavy atom. The summed E-state index contributed by atoms with van der Waals surface area (Å²) in [5.74, 6) is 0.174. The van der Waals surface area contributed by atoms with Gasteiger partial charge in [-0.1, -0.05) is 0 Å². The highest BCUT2D eigenvalue weighted by atomic mass is 16.5. The standard InChI is InChI=1S/C15H15NO4/c1-9-7-14(17)20-13-8-10(4-5-11(9)13)19-15(18)12-3-2-6-16-12/h4-5,7-8,12,16H,2-3,6H2,1H3/p+1. The minimum atomic E-state index is -0.400. The maximum absolute atomic E-state index is 11.9. The Balaban J connectivity index is 1.89. The van der Waals surface area contributed by atoms with Crippen LogP contribution in [0.1, 0.15) is 18.4 Å². The molecule has 5 heteroatoms. The number of rotatable bonds is 2. The van der Waals surface area contributed by atoms with E-state index < -0.39 is 5.63 Å². The number of nitrogens with two attached hydrogens (primary N) is 1. The van der Waals surface area contributed by atoms with Crippen molar-refractivity contribution in [3.05, 3.63) is 40.2 Å². The Morgan fingerprint density at radius 1 is 1.40 bits per heavy atom. The van der Waals surface area contributed by atoms with E-state index in [4.69, 9.17) is 9.15 Å². The Labute approximate surface area is 115 Å². The third-order valence-electron chi connectivity index (χ3n) is 3.61. The van der Waals surface area contributed by atoms with E-state index >= 15 is 0 Å². The molecule has 0 spiro atoms. The predicted octanol–water partition coefficient (Wildman–Crippen LogP) is 0.733. The molecule has 2 heterocycles. The number of carbonyl (C=O) groups excluding carboxylic acids is 1. The smallest absolute Gasteiger partial charge is 0.370 e. The van der Waals surface area contributed by atoms with Crippen molar-refractivity contribution in [2.45, 2.75) is 25.8 Å². The second kappa shape index (κ2) is 5.09. The summed E-state index contributed by atoms with van der Waals surface area (Å²) in [6.07, 6.45) is 1.88. The van der Waals surface area contributed by atoms with Gasteiger partial charge in [-0.05, 0) is 24.6 Å². The Hall–Kier alpha value is -2.14. The highest BCUT2D eigenvalue weighted by Crippen LogP contribution is 2.22. The van der Waals surface area contributed by atoms with Gasteiger partial charge in [-0.15, -0.1) is 0 Å². The van der Waals surface area contributed by atoms with Crippen LogP contribution < -0.4 is 15.7 Å². The summed E-state index contributed by atoms with van der Waals surface area (Å²) in [5, 5.41) is 2.84. The maximum atomic E-state index is 11.9. The largest absolute Gasteiger partial charge is 0.423 e. The van der Waals surface area contributed by atoms with Crippen LogP contribution in [0.3, 0.4) is 0 Å². The van der Waals surface area contributed by atoms with Crippen LogP contribution in [0, 0.1) is 6.92 Å².